The van der Waals surface area contributed by atoms with Crippen LogP contribution in [0.3, 0.4) is 0 Å². The zero-order valence-corrected chi connectivity index (χ0v) is 20.1. The topological polar surface area (TPSA) is 105 Å². The van der Waals surface area contributed by atoms with Crippen LogP contribution in [0.4, 0.5) is 0 Å². The van der Waals surface area contributed by atoms with Crippen LogP contribution >= 0.6 is 7.82 Å². The van der Waals surface area contributed by atoms with E-state index in [1.165, 1.54) is 0 Å². The second kappa shape index (κ2) is 11.8. The molecule has 0 spiro atoms. The number of ether oxygens (including phenoxy) is 2. The molecular formula is C22H32N4O6P+. The highest BCUT2D eigenvalue weighted by Crippen LogP contribution is 2.43. The van der Waals surface area contributed by atoms with Crippen molar-refractivity contribution in [1.82, 2.24) is 15.0 Å². The van der Waals surface area contributed by atoms with E-state index in [-0.39, 0.29) is 26.6 Å². The molecule has 1 aromatic heterocycles. The van der Waals surface area contributed by atoms with Gasteiger partial charge in [-0.2, -0.15) is 0 Å². The highest BCUT2D eigenvalue weighted by molar-refractivity contribution is 7.47. The van der Waals surface area contributed by atoms with Crippen LogP contribution in [0.1, 0.15) is 5.56 Å². The van der Waals surface area contributed by atoms with Gasteiger partial charge >= 0.3 is 7.82 Å². The number of fused-ring (bicyclic) bond motifs is 1. The molecule has 10 nitrogen and oxygen atoms in total. The van der Waals surface area contributed by atoms with Crippen molar-refractivity contribution in [2.45, 2.75) is 19.4 Å². The number of phosphoric acid groups is 1. The lowest BCUT2D eigenvalue weighted by Crippen LogP contribution is -2.37. The van der Waals surface area contributed by atoms with Crippen LogP contribution in [0.2, 0.25) is 0 Å². The molecule has 2 atom stereocenters. The third kappa shape index (κ3) is 8.94. The molecule has 11 heteroatoms. The van der Waals surface area contributed by atoms with Crippen molar-refractivity contribution in [3.63, 3.8) is 0 Å². The Bertz CT molecular complexity index is 1040. The van der Waals surface area contributed by atoms with E-state index >= 15 is 0 Å². The summed E-state index contributed by atoms with van der Waals surface area (Å²) >= 11 is 0. The van der Waals surface area contributed by atoms with E-state index in [0.717, 1.165) is 16.6 Å². The largest absolute Gasteiger partial charge is 0.472 e. The van der Waals surface area contributed by atoms with Gasteiger partial charge in [0.2, 0.25) is 0 Å². The average Bonchev–Trinajstić information content (AvgIpc) is 3.18. The number of quaternary nitrogens is 1. The number of phosphoric ester groups is 1. The monoisotopic (exact) mass is 479 g/mol. The number of hydrogen-bond donors (Lipinski definition) is 1. The summed E-state index contributed by atoms with van der Waals surface area (Å²) in [5, 5.41) is 8.18. The molecule has 0 fully saturated rings. The summed E-state index contributed by atoms with van der Waals surface area (Å²) in [6.07, 6.45) is -0.595. The van der Waals surface area contributed by atoms with Gasteiger partial charge in [-0.25, -0.2) is 9.25 Å². The third-order valence-corrected chi connectivity index (χ3v) is 5.69. The van der Waals surface area contributed by atoms with Gasteiger partial charge in [0.25, 0.3) is 0 Å². The zero-order valence-electron chi connectivity index (χ0n) is 19.2. The van der Waals surface area contributed by atoms with Gasteiger partial charge in [0.05, 0.1) is 46.5 Å². The molecule has 0 amide bonds. The van der Waals surface area contributed by atoms with Crippen LogP contribution in [0.5, 0.6) is 0 Å². The highest BCUT2D eigenvalue weighted by Gasteiger charge is 2.25. The summed E-state index contributed by atoms with van der Waals surface area (Å²) in [7, 11) is 1.69. The van der Waals surface area contributed by atoms with E-state index in [4.69, 9.17) is 18.5 Å². The Kier molecular flexibility index (Phi) is 9.10. The number of hydrogen-bond acceptors (Lipinski definition) is 7. The fourth-order valence-electron chi connectivity index (χ4n) is 2.86. The molecule has 3 rings (SSSR count). The molecule has 3 aromatic rings. The first-order chi connectivity index (χ1) is 15.7. The predicted molar refractivity (Wildman–Crippen MR) is 123 cm³/mol. The van der Waals surface area contributed by atoms with Crippen LogP contribution in [0.25, 0.3) is 11.0 Å². The summed E-state index contributed by atoms with van der Waals surface area (Å²) in [6, 6.07) is 17.2. The van der Waals surface area contributed by atoms with E-state index in [2.05, 4.69) is 10.3 Å². The summed E-state index contributed by atoms with van der Waals surface area (Å²) in [6.45, 7) is 1.09. The van der Waals surface area contributed by atoms with Crippen molar-refractivity contribution in [1.29, 1.82) is 0 Å². The molecule has 0 aliphatic heterocycles. The fraction of sp³-hybridized carbons (Fsp3) is 0.455. The SMILES string of the molecule is C[N+](C)(C)CCOP(=O)(O)OCC(COCn1nnc2ccccc21)OCc1ccccc1. The zero-order chi connectivity index (χ0) is 23.7. The van der Waals surface area contributed by atoms with E-state index in [9.17, 15) is 9.46 Å². The first-order valence-electron chi connectivity index (χ1n) is 10.7. The van der Waals surface area contributed by atoms with Gasteiger partial charge in [0.15, 0.2) is 0 Å². The molecule has 0 radical (unpaired) electrons. The van der Waals surface area contributed by atoms with Crippen LogP contribution in [0.15, 0.2) is 54.6 Å². The van der Waals surface area contributed by atoms with Crippen LogP contribution in [0, 0.1) is 0 Å². The van der Waals surface area contributed by atoms with Gasteiger partial charge in [-0.05, 0) is 17.7 Å². The number of nitrogens with zero attached hydrogens (tertiary/aromatic N) is 4. The van der Waals surface area contributed by atoms with Gasteiger partial charge in [-0.1, -0.05) is 47.7 Å². The van der Waals surface area contributed by atoms with E-state index < -0.39 is 13.9 Å². The molecule has 33 heavy (non-hydrogen) atoms. The minimum atomic E-state index is -4.21. The van der Waals surface area contributed by atoms with Gasteiger partial charge in [0.1, 0.15) is 31.5 Å². The first-order valence-corrected chi connectivity index (χ1v) is 12.2. The highest BCUT2D eigenvalue weighted by atomic mass is 31.2. The fourth-order valence-corrected chi connectivity index (χ4v) is 3.60. The van der Waals surface area contributed by atoms with Gasteiger partial charge in [-0.3, -0.25) is 9.05 Å². The third-order valence-electron chi connectivity index (χ3n) is 4.71. The molecule has 0 aliphatic carbocycles. The summed E-state index contributed by atoms with van der Waals surface area (Å²) < 4.78 is 36.5. The molecule has 0 aliphatic rings. The van der Waals surface area contributed by atoms with E-state index in [1.54, 1.807) is 4.68 Å². The lowest BCUT2D eigenvalue weighted by molar-refractivity contribution is -0.870. The van der Waals surface area contributed by atoms with Crippen molar-refractivity contribution in [2.75, 3.05) is 47.5 Å². The standard InChI is InChI=1S/C22H31N4O6P/c1-26(2,3)13-14-31-33(27,28)32-17-20(30-15-19-9-5-4-6-10-19)16-29-18-25-22-12-8-7-11-21(22)23-24-25/h4-12,20H,13-18H2,1-3H3/p+1. The maximum Gasteiger partial charge on any atom is 0.472 e. The Hall–Kier alpha value is -2.17. The number of para-hydroxylation sites is 1. The van der Waals surface area contributed by atoms with Crippen molar-refractivity contribution >= 4 is 18.9 Å². The van der Waals surface area contributed by atoms with Crippen molar-refractivity contribution in [3.8, 4) is 0 Å². The molecule has 2 aromatic carbocycles. The summed E-state index contributed by atoms with van der Waals surface area (Å²) in [5.74, 6) is 0. The Morgan fingerprint density at radius 3 is 2.52 bits per heavy atom. The predicted octanol–water partition coefficient (Wildman–Crippen LogP) is 2.83. The Morgan fingerprint density at radius 2 is 1.76 bits per heavy atom. The molecule has 180 valence electrons. The van der Waals surface area contributed by atoms with E-state index in [1.807, 2.05) is 75.7 Å². The lowest BCUT2D eigenvalue weighted by Gasteiger charge is -2.24. The number of likely N-dealkylation sites (N-methyl/N-ethyl adjacent to an activating group) is 1. The average molecular weight is 479 g/mol. The molecule has 0 saturated carbocycles. The Balaban J connectivity index is 1.54. The molecule has 0 bridgehead atoms. The normalized spacial score (nSPS) is 14.9. The lowest BCUT2D eigenvalue weighted by atomic mass is 10.2. The minimum absolute atomic E-state index is 0.0999. The second-order valence-electron chi connectivity index (χ2n) is 8.61. The Morgan fingerprint density at radius 1 is 1.03 bits per heavy atom. The smallest absolute Gasteiger partial charge is 0.369 e. The van der Waals surface area contributed by atoms with Crippen LogP contribution in [-0.2, 0) is 36.4 Å². The first kappa shape index (κ1) is 25.5. The maximum absolute atomic E-state index is 12.3. The molecular weight excluding hydrogens is 447 g/mol. The van der Waals surface area contributed by atoms with Gasteiger partial charge in [0, 0.05) is 0 Å². The molecule has 1 N–H and O–H groups in total. The van der Waals surface area contributed by atoms with Crippen molar-refractivity contribution in [3.05, 3.63) is 60.2 Å². The minimum Gasteiger partial charge on any atom is -0.369 e. The number of benzene rings is 2. The van der Waals surface area contributed by atoms with Crippen LogP contribution < -0.4 is 0 Å². The van der Waals surface area contributed by atoms with Gasteiger partial charge < -0.3 is 18.9 Å². The second-order valence-corrected chi connectivity index (χ2v) is 10.1. The van der Waals surface area contributed by atoms with E-state index in [0.29, 0.717) is 17.6 Å². The maximum atomic E-state index is 12.3. The van der Waals surface area contributed by atoms with Gasteiger partial charge in [-0.15, -0.1) is 5.10 Å². The quantitative estimate of drug-likeness (QED) is 0.278. The molecule has 2 unspecified atom stereocenters. The summed E-state index contributed by atoms with van der Waals surface area (Å²) in [4.78, 5) is 10.0. The Labute approximate surface area is 193 Å². The number of aromatic nitrogens is 3. The number of rotatable bonds is 14. The van der Waals surface area contributed by atoms with Crippen molar-refractivity contribution < 1.29 is 32.5 Å². The molecule has 0 saturated heterocycles. The van der Waals surface area contributed by atoms with Crippen LogP contribution in [-0.4, -0.2) is 78.0 Å². The summed E-state index contributed by atoms with van der Waals surface area (Å²) in [5.41, 5.74) is 2.59. The van der Waals surface area contributed by atoms with Crippen molar-refractivity contribution in [2.24, 2.45) is 0 Å². The molecule has 1 heterocycles.